The van der Waals surface area contributed by atoms with Gasteiger partial charge in [0.1, 0.15) is 0 Å². The van der Waals surface area contributed by atoms with E-state index in [-0.39, 0.29) is 0 Å². The van der Waals surface area contributed by atoms with Gasteiger partial charge in [0.15, 0.2) is 0 Å². The van der Waals surface area contributed by atoms with E-state index < -0.39 is 0 Å². The molecule has 1 unspecified atom stereocenters. The lowest BCUT2D eigenvalue weighted by molar-refractivity contribution is 0.320. The molecule has 2 rings (SSSR count). The van der Waals surface area contributed by atoms with Gasteiger partial charge >= 0.3 is 0 Å². The predicted molar refractivity (Wildman–Crippen MR) is 77.2 cm³/mol. The Morgan fingerprint density at radius 2 is 1.72 bits per heavy atom. The van der Waals surface area contributed by atoms with Crippen molar-refractivity contribution in [3.05, 3.63) is 35.4 Å². The van der Waals surface area contributed by atoms with Crippen LogP contribution in [0.5, 0.6) is 0 Å². The molecule has 0 heterocycles. The molecule has 0 amide bonds. The van der Waals surface area contributed by atoms with E-state index in [1.807, 2.05) is 0 Å². The predicted octanol–water partition coefficient (Wildman–Crippen LogP) is 3.34. The van der Waals surface area contributed by atoms with Crippen LogP contribution < -0.4 is 11.3 Å². The molecule has 1 atom stereocenters. The van der Waals surface area contributed by atoms with Crippen LogP contribution >= 0.6 is 0 Å². The lowest BCUT2D eigenvalue weighted by Crippen LogP contribution is -2.42. The average Bonchev–Trinajstić information content (AvgIpc) is 2.67. The van der Waals surface area contributed by atoms with Crippen LogP contribution in [0.25, 0.3) is 0 Å². The van der Waals surface area contributed by atoms with Gasteiger partial charge in [-0.25, -0.2) is 0 Å². The molecule has 1 aliphatic rings. The van der Waals surface area contributed by atoms with Gasteiger partial charge < -0.3 is 0 Å². The lowest BCUT2D eigenvalue weighted by Gasteiger charge is -2.25. The van der Waals surface area contributed by atoms with E-state index in [2.05, 4.69) is 36.6 Å². The molecule has 3 N–H and O–H groups in total. The first-order valence-electron chi connectivity index (χ1n) is 7.31. The van der Waals surface area contributed by atoms with E-state index in [9.17, 15) is 0 Å². The fourth-order valence-corrected chi connectivity index (χ4v) is 3.05. The van der Waals surface area contributed by atoms with E-state index in [1.54, 1.807) is 0 Å². The number of nitrogens with two attached hydrogens (primary N) is 1. The molecule has 0 bridgehead atoms. The zero-order valence-corrected chi connectivity index (χ0v) is 11.5. The molecule has 1 aromatic rings. The summed E-state index contributed by atoms with van der Waals surface area (Å²) in [5.74, 6) is 6.53. The molecule has 0 spiro atoms. The summed E-state index contributed by atoms with van der Waals surface area (Å²) in [6.07, 6.45) is 9.27. The highest BCUT2D eigenvalue weighted by molar-refractivity contribution is 5.22. The van der Waals surface area contributed by atoms with Gasteiger partial charge in [0, 0.05) is 6.04 Å². The molecule has 0 radical (unpaired) electrons. The maximum atomic E-state index is 5.78. The number of aryl methyl sites for hydroxylation is 1. The minimum Gasteiger partial charge on any atom is -0.271 e. The third kappa shape index (κ3) is 3.82. The Bertz CT molecular complexity index is 337. The number of nitrogens with one attached hydrogen (secondary N) is 1. The summed E-state index contributed by atoms with van der Waals surface area (Å²) in [6.45, 7) is 2.13. The first kappa shape index (κ1) is 13.6. The van der Waals surface area contributed by atoms with Crippen molar-refractivity contribution in [2.75, 3.05) is 0 Å². The van der Waals surface area contributed by atoms with Gasteiger partial charge in [-0.2, -0.15) is 0 Å². The molecule has 18 heavy (non-hydrogen) atoms. The highest BCUT2D eigenvalue weighted by atomic mass is 15.2. The molecule has 1 aromatic carbocycles. The van der Waals surface area contributed by atoms with E-state index in [1.165, 1.54) is 49.7 Å². The molecule has 2 heteroatoms. The number of benzene rings is 1. The number of hydrogen-bond acceptors (Lipinski definition) is 2. The van der Waals surface area contributed by atoms with Gasteiger partial charge in [-0.05, 0) is 37.7 Å². The van der Waals surface area contributed by atoms with Crippen LogP contribution in [0.2, 0.25) is 0 Å². The van der Waals surface area contributed by atoms with Crippen molar-refractivity contribution in [1.29, 1.82) is 0 Å². The fraction of sp³-hybridized carbons (Fsp3) is 0.625. The molecule has 100 valence electrons. The summed E-state index contributed by atoms with van der Waals surface area (Å²) in [6, 6.07) is 9.28. The second-order valence-corrected chi connectivity index (χ2v) is 5.71. The normalized spacial score (nSPS) is 19.4. The molecule has 1 aliphatic carbocycles. The Balaban J connectivity index is 1.97. The maximum Gasteiger partial charge on any atom is 0.0279 e. The fourth-order valence-electron chi connectivity index (χ4n) is 3.05. The largest absolute Gasteiger partial charge is 0.271 e. The molecular formula is C16H26N2. The molecule has 0 saturated heterocycles. The first-order valence-corrected chi connectivity index (χ1v) is 7.31. The van der Waals surface area contributed by atoms with Crippen LogP contribution in [0.15, 0.2) is 24.3 Å². The first-order chi connectivity index (χ1) is 8.79. The third-order valence-electron chi connectivity index (χ3n) is 4.26. The van der Waals surface area contributed by atoms with Gasteiger partial charge in [-0.1, -0.05) is 55.5 Å². The summed E-state index contributed by atoms with van der Waals surface area (Å²) in [5, 5.41) is 0. The second-order valence-electron chi connectivity index (χ2n) is 5.71. The summed E-state index contributed by atoms with van der Waals surface area (Å²) < 4.78 is 0. The number of rotatable bonds is 4. The summed E-state index contributed by atoms with van der Waals surface area (Å²) in [7, 11) is 0. The highest BCUT2D eigenvalue weighted by Gasteiger charge is 2.21. The van der Waals surface area contributed by atoms with Crippen molar-refractivity contribution in [2.24, 2.45) is 11.8 Å². The summed E-state index contributed by atoms with van der Waals surface area (Å²) >= 11 is 0. The van der Waals surface area contributed by atoms with Crippen LogP contribution in [0, 0.1) is 12.8 Å². The Morgan fingerprint density at radius 3 is 2.28 bits per heavy atom. The van der Waals surface area contributed by atoms with Gasteiger partial charge in [-0.3, -0.25) is 11.3 Å². The van der Waals surface area contributed by atoms with Crippen molar-refractivity contribution in [3.63, 3.8) is 0 Å². The molecule has 0 aromatic heterocycles. The Kier molecular flexibility index (Phi) is 5.21. The monoisotopic (exact) mass is 246 g/mol. The molecule has 1 fully saturated rings. The third-order valence-corrected chi connectivity index (χ3v) is 4.26. The zero-order valence-electron chi connectivity index (χ0n) is 11.5. The minimum atomic E-state index is 0.436. The van der Waals surface area contributed by atoms with Gasteiger partial charge in [0.25, 0.3) is 0 Å². The van der Waals surface area contributed by atoms with Crippen molar-refractivity contribution < 1.29 is 0 Å². The Morgan fingerprint density at radius 1 is 1.11 bits per heavy atom. The topological polar surface area (TPSA) is 38.0 Å². The molecule has 0 aliphatic heterocycles. The van der Waals surface area contributed by atoms with Crippen LogP contribution in [0.1, 0.15) is 49.7 Å². The van der Waals surface area contributed by atoms with Crippen molar-refractivity contribution in [1.82, 2.24) is 5.43 Å². The van der Waals surface area contributed by atoms with Crippen molar-refractivity contribution in [3.8, 4) is 0 Å². The van der Waals surface area contributed by atoms with Crippen molar-refractivity contribution >= 4 is 0 Å². The van der Waals surface area contributed by atoms with Crippen LogP contribution in [-0.2, 0) is 6.42 Å². The van der Waals surface area contributed by atoms with E-state index in [0.29, 0.717) is 6.04 Å². The summed E-state index contributed by atoms with van der Waals surface area (Å²) in [4.78, 5) is 0. The highest BCUT2D eigenvalue weighted by Crippen LogP contribution is 2.26. The SMILES string of the molecule is Cc1ccc(CC(NN)C2CCCCCC2)cc1. The molecule has 2 nitrogen and oxygen atoms in total. The van der Waals surface area contributed by atoms with Gasteiger partial charge in [-0.15, -0.1) is 0 Å². The molecule has 1 saturated carbocycles. The number of hydrogen-bond donors (Lipinski definition) is 2. The quantitative estimate of drug-likeness (QED) is 0.486. The van der Waals surface area contributed by atoms with E-state index in [4.69, 9.17) is 5.84 Å². The maximum absolute atomic E-state index is 5.78. The Labute approximate surface area is 111 Å². The molecular weight excluding hydrogens is 220 g/mol. The summed E-state index contributed by atoms with van der Waals surface area (Å²) in [5.41, 5.74) is 5.78. The van der Waals surface area contributed by atoms with Gasteiger partial charge in [0.05, 0.1) is 0 Å². The van der Waals surface area contributed by atoms with Crippen LogP contribution in [0.3, 0.4) is 0 Å². The smallest absolute Gasteiger partial charge is 0.0279 e. The van der Waals surface area contributed by atoms with Crippen molar-refractivity contribution in [2.45, 2.75) is 57.9 Å². The van der Waals surface area contributed by atoms with Crippen LogP contribution in [0.4, 0.5) is 0 Å². The lowest BCUT2D eigenvalue weighted by atomic mass is 9.88. The average molecular weight is 246 g/mol. The number of hydrazine groups is 1. The van der Waals surface area contributed by atoms with E-state index in [0.717, 1.165) is 12.3 Å². The van der Waals surface area contributed by atoms with Crippen LogP contribution in [-0.4, -0.2) is 6.04 Å². The standard InChI is InChI=1S/C16H26N2/c1-13-8-10-14(11-9-13)12-16(18-17)15-6-4-2-3-5-7-15/h8-11,15-16,18H,2-7,12,17H2,1H3. The minimum absolute atomic E-state index is 0.436. The Hall–Kier alpha value is -0.860. The zero-order chi connectivity index (χ0) is 12.8. The second kappa shape index (κ2) is 6.91. The van der Waals surface area contributed by atoms with E-state index >= 15 is 0 Å². The van der Waals surface area contributed by atoms with Gasteiger partial charge in [0.2, 0.25) is 0 Å².